The van der Waals surface area contributed by atoms with Gasteiger partial charge in [-0.1, -0.05) is 18.2 Å². The van der Waals surface area contributed by atoms with E-state index in [0.29, 0.717) is 17.2 Å². The summed E-state index contributed by atoms with van der Waals surface area (Å²) < 4.78 is 51.6. The Balaban J connectivity index is 1.27. The predicted molar refractivity (Wildman–Crippen MR) is 121 cm³/mol. The SMILES string of the molecule is O=S(=O)(NCCOc1ccc(-c2ccc(F)cc2)nn1)c1ccc(Oc2ccccc2)cc1. The second kappa shape index (κ2) is 10.2. The Bertz CT molecular complexity index is 1280. The molecule has 0 saturated heterocycles. The van der Waals surface area contributed by atoms with E-state index in [4.69, 9.17) is 9.47 Å². The van der Waals surface area contributed by atoms with Crippen molar-refractivity contribution in [2.45, 2.75) is 4.90 Å². The van der Waals surface area contributed by atoms with Gasteiger partial charge < -0.3 is 9.47 Å². The van der Waals surface area contributed by atoms with Crippen molar-refractivity contribution >= 4 is 10.0 Å². The number of rotatable bonds is 9. The molecule has 33 heavy (non-hydrogen) atoms. The summed E-state index contributed by atoms with van der Waals surface area (Å²) in [6.07, 6.45) is 0. The molecule has 4 aromatic rings. The summed E-state index contributed by atoms with van der Waals surface area (Å²) in [6.45, 7) is 0.116. The molecule has 0 unspecified atom stereocenters. The van der Waals surface area contributed by atoms with Crippen LogP contribution in [0.3, 0.4) is 0 Å². The highest BCUT2D eigenvalue weighted by atomic mass is 32.2. The molecule has 1 aromatic heterocycles. The molecule has 0 bridgehead atoms. The third-order valence-electron chi connectivity index (χ3n) is 4.54. The first-order chi connectivity index (χ1) is 16.0. The Hall–Kier alpha value is -3.82. The molecular weight excluding hydrogens is 445 g/mol. The quantitative estimate of drug-likeness (QED) is 0.368. The van der Waals surface area contributed by atoms with Crippen molar-refractivity contribution in [1.29, 1.82) is 0 Å². The summed E-state index contributed by atoms with van der Waals surface area (Å²) in [5.41, 5.74) is 1.30. The van der Waals surface area contributed by atoms with E-state index in [2.05, 4.69) is 14.9 Å². The van der Waals surface area contributed by atoms with Gasteiger partial charge in [-0.25, -0.2) is 17.5 Å². The number of para-hydroxylation sites is 1. The van der Waals surface area contributed by atoms with Crippen LogP contribution in [0.15, 0.2) is 95.9 Å². The van der Waals surface area contributed by atoms with Crippen LogP contribution in [0.4, 0.5) is 4.39 Å². The van der Waals surface area contributed by atoms with Crippen LogP contribution < -0.4 is 14.2 Å². The maximum atomic E-state index is 13.0. The summed E-state index contributed by atoms with van der Waals surface area (Å²) in [5.74, 6) is 1.12. The third-order valence-corrected chi connectivity index (χ3v) is 6.01. The highest BCUT2D eigenvalue weighted by Gasteiger charge is 2.13. The molecule has 0 atom stereocenters. The van der Waals surface area contributed by atoms with E-state index in [-0.39, 0.29) is 29.7 Å². The molecule has 0 radical (unpaired) electrons. The third kappa shape index (κ3) is 6.12. The van der Waals surface area contributed by atoms with Gasteiger partial charge in [0.1, 0.15) is 23.9 Å². The number of aromatic nitrogens is 2. The molecule has 0 spiro atoms. The van der Waals surface area contributed by atoms with Crippen molar-refractivity contribution in [3.8, 4) is 28.6 Å². The van der Waals surface area contributed by atoms with Crippen LogP contribution in [-0.2, 0) is 10.0 Å². The van der Waals surface area contributed by atoms with Gasteiger partial charge in [-0.3, -0.25) is 0 Å². The van der Waals surface area contributed by atoms with Crippen molar-refractivity contribution in [3.05, 3.63) is 96.8 Å². The summed E-state index contributed by atoms with van der Waals surface area (Å²) in [4.78, 5) is 0.117. The van der Waals surface area contributed by atoms with E-state index in [9.17, 15) is 12.8 Å². The molecule has 0 aliphatic heterocycles. The molecule has 7 nitrogen and oxygen atoms in total. The van der Waals surface area contributed by atoms with Crippen LogP contribution in [0.5, 0.6) is 17.4 Å². The largest absolute Gasteiger partial charge is 0.475 e. The summed E-state index contributed by atoms with van der Waals surface area (Å²) in [7, 11) is -3.70. The number of benzene rings is 3. The number of hydrogen-bond donors (Lipinski definition) is 1. The van der Waals surface area contributed by atoms with Crippen LogP contribution in [0, 0.1) is 5.82 Å². The smallest absolute Gasteiger partial charge is 0.240 e. The zero-order valence-corrected chi connectivity index (χ0v) is 18.2. The molecule has 3 aromatic carbocycles. The maximum Gasteiger partial charge on any atom is 0.240 e. The minimum Gasteiger partial charge on any atom is -0.475 e. The Morgan fingerprint density at radius 3 is 2.15 bits per heavy atom. The van der Waals surface area contributed by atoms with E-state index < -0.39 is 10.0 Å². The number of nitrogens with zero attached hydrogens (tertiary/aromatic N) is 2. The van der Waals surface area contributed by atoms with Gasteiger partial charge in [0.25, 0.3) is 0 Å². The van der Waals surface area contributed by atoms with Crippen molar-refractivity contribution < 1.29 is 22.3 Å². The Kier molecular flexibility index (Phi) is 6.92. The number of nitrogens with one attached hydrogen (secondary N) is 1. The number of halogens is 1. The highest BCUT2D eigenvalue weighted by molar-refractivity contribution is 7.89. The standard InChI is InChI=1S/C24H20FN3O4S/c25-19-8-6-18(7-9-19)23-14-15-24(28-27-23)31-17-16-26-33(29,30)22-12-10-21(11-13-22)32-20-4-2-1-3-5-20/h1-15,26H,16-17H2. The summed E-state index contributed by atoms with van der Waals surface area (Å²) in [6, 6.07) is 24.6. The van der Waals surface area contributed by atoms with Crippen LogP contribution in [0.2, 0.25) is 0 Å². The minimum atomic E-state index is -3.70. The lowest BCUT2D eigenvalue weighted by atomic mass is 10.1. The number of sulfonamides is 1. The lowest BCUT2D eigenvalue weighted by molar-refractivity contribution is 0.307. The Morgan fingerprint density at radius 1 is 0.788 bits per heavy atom. The van der Waals surface area contributed by atoms with Gasteiger partial charge in [-0.2, -0.15) is 0 Å². The molecule has 0 amide bonds. The molecule has 4 rings (SSSR count). The van der Waals surface area contributed by atoms with Crippen molar-refractivity contribution in [3.63, 3.8) is 0 Å². The highest BCUT2D eigenvalue weighted by Crippen LogP contribution is 2.22. The van der Waals surface area contributed by atoms with E-state index >= 15 is 0 Å². The van der Waals surface area contributed by atoms with E-state index in [1.165, 1.54) is 24.3 Å². The topological polar surface area (TPSA) is 90.4 Å². The molecule has 0 aliphatic carbocycles. The monoisotopic (exact) mass is 465 g/mol. The fourth-order valence-corrected chi connectivity index (χ4v) is 3.91. The fourth-order valence-electron chi connectivity index (χ4n) is 2.90. The van der Waals surface area contributed by atoms with Gasteiger partial charge in [0.05, 0.1) is 10.6 Å². The average molecular weight is 466 g/mol. The first kappa shape index (κ1) is 22.4. The summed E-state index contributed by atoms with van der Waals surface area (Å²) >= 11 is 0. The molecule has 9 heteroatoms. The number of hydrogen-bond acceptors (Lipinski definition) is 6. The molecular formula is C24H20FN3O4S. The van der Waals surface area contributed by atoms with Gasteiger partial charge in [-0.05, 0) is 66.7 Å². The molecule has 1 N–H and O–H groups in total. The van der Waals surface area contributed by atoms with Gasteiger partial charge in [0.2, 0.25) is 15.9 Å². The van der Waals surface area contributed by atoms with Crippen LogP contribution in [-0.4, -0.2) is 31.8 Å². The van der Waals surface area contributed by atoms with Gasteiger partial charge in [0, 0.05) is 18.2 Å². The van der Waals surface area contributed by atoms with Gasteiger partial charge in [-0.15, -0.1) is 10.2 Å². The molecule has 1 heterocycles. The maximum absolute atomic E-state index is 13.0. The average Bonchev–Trinajstić information content (AvgIpc) is 2.84. The zero-order chi connectivity index (χ0) is 23.1. The molecule has 0 aliphatic rings. The second-order valence-corrected chi connectivity index (χ2v) is 8.66. The lowest BCUT2D eigenvalue weighted by Crippen LogP contribution is -2.28. The van der Waals surface area contributed by atoms with Crippen molar-refractivity contribution in [1.82, 2.24) is 14.9 Å². The lowest BCUT2D eigenvalue weighted by Gasteiger charge is -2.09. The molecule has 168 valence electrons. The van der Waals surface area contributed by atoms with Crippen molar-refractivity contribution in [2.75, 3.05) is 13.2 Å². The van der Waals surface area contributed by atoms with Crippen LogP contribution in [0.25, 0.3) is 11.3 Å². The number of ether oxygens (including phenoxy) is 2. The summed E-state index contributed by atoms with van der Waals surface area (Å²) in [5, 5.41) is 8.00. The Morgan fingerprint density at radius 2 is 1.48 bits per heavy atom. The van der Waals surface area contributed by atoms with E-state index in [1.54, 1.807) is 36.4 Å². The second-order valence-electron chi connectivity index (χ2n) is 6.90. The van der Waals surface area contributed by atoms with Crippen LogP contribution in [0.1, 0.15) is 0 Å². The normalized spacial score (nSPS) is 11.2. The predicted octanol–water partition coefficient (Wildman–Crippen LogP) is 4.43. The fraction of sp³-hybridized carbons (Fsp3) is 0.0833. The van der Waals surface area contributed by atoms with E-state index in [0.717, 1.165) is 5.56 Å². The first-order valence-electron chi connectivity index (χ1n) is 10.0. The van der Waals surface area contributed by atoms with Gasteiger partial charge in [0.15, 0.2) is 0 Å². The van der Waals surface area contributed by atoms with Crippen molar-refractivity contribution in [2.24, 2.45) is 0 Å². The Labute approximate surface area is 190 Å². The van der Waals surface area contributed by atoms with Crippen LogP contribution >= 0.6 is 0 Å². The van der Waals surface area contributed by atoms with Gasteiger partial charge >= 0.3 is 0 Å². The zero-order valence-electron chi connectivity index (χ0n) is 17.4. The first-order valence-corrected chi connectivity index (χ1v) is 11.5. The molecule has 0 saturated carbocycles. The molecule has 0 fully saturated rings. The minimum absolute atomic E-state index is 0.0476. The van der Waals surface area contributed by atoms with E-state index in [1.807, 2.05) is 30.3 Å².